The molecule has 0 aromatic heterocycles. The van der Waals surface area contributed by atoms with Crippen molar-refractivity contribution >= 4 is 11.9 Å². The van der Waals surface area contributed by atoms with Crippen molar-refractivity contribution < 1.29 is 28.9 Å². The van der Waals surface area contributed by atoms with Gasteiger partial charge in [-0.05, 0) is 0 Å². The van der Waals surface area contributed by atoms with Crippen molar-refractivity contribution in [3.63, 3.8) is 0 Å². The van der Waals surface area contributed by atoms with Gasteiger partial charge in [-0.2, -0.15) is 0 Å². The van der Waals surface area contributed by atoms with Crippen LogP contribution in [0.3, 0.4) is 0 Å². The van der Waals surface area contributed by atoms with Crippen molar-refractivity contribution in [3.8, 4) is 0 Å². The molecule has 2 aliphatic heterocycles. The van der Waals surface area contributed by atoms with Crippen molar-refractivity contribution in [2.24, 2.45) is 5.92 Å². The molecule has 0 amide bonds. The fourth-order valence-corrected chi connectivity index (χ4v) is 2.08. The third-order valence-electron chi connectivity index (χ3n) is 2.89. The number of carboxylic acid groups (broad SMARTS) is 1. The predicted molar refractivity (Wildman–Crippen MR) is 55.3 cm³/mol. The quantitative estimate of drug-likeness (QED) is 0.553. The van der Waals surface area contributed by atoms with Gasteiger partial charge in [0.2, 0.25) is 0 Å². The highest BCUT2D eigenvalue weighted by atomic mass is 16.6. The Bertz CT molecular complexity index is 350. The van der Waals surface area contributed by atoms with E-state index in [-0.39, 0.29) is 12.2 Å². The summed E-state index contributed by atoms with van der Waals surface area (Å²) in [7, 11) is 0. The summed E-state index contributed by atoms with van der Waals surface area (Å²) < 4.78 is 16.1. The molecule has 2 heterocycles. The van der Waals surface area contributed by atoms with Crippen LogP contribution in [0.2, 0.25) is 0 Å². The van der Waals surface area contributed by atoms with E-state index in [4.69, 9.17) is 19.3 Å². The van der Waals surface area contributed by atoms with Gasteiger partial charge < -0.3 is 19.3 Å². The molecule has 0 aromatic carbocycles. The van der Waals surface area contributed by atoms with Crippen LogP contribution in [0.25, 0.3) is 0 Å². The first kappa shape index (κ1) is 12.1. The van der Waals surface area contributed by atoms with Gasteiger partial charge in [-0.3, -0.25) is 0 Å². The number of rotatable bonds is 3. The molecule has 94 valence electrons. The number of esters is 1. The Morgan fingerprint density at radius 2 is 1.94 bits per heavy atom. The minimum Gasteiger partial charge on any atom is -0.478 e. The highest BCUT2D eigenvalue weighted by Crippen LogP contribution is 2.32. The second kappa shape index (κ2) is 4.85. The number of hydrogen-bond acceptors (Lipinski definition) is 5. The minimum atomic E-state index is -1.19. The van der Waals surface area contributed by atoms with E-state index in [0.717, 1.165) is 12.2 Å². The fraction of sp³-hybridized carbons (Fsp3) is 0.636. The first-order valence-electron chi connectivity index (χ1n) is 5.42. The minimum absolute atomic E-state index is 0.0312. The zero-order valence-electron chi connectivity index (χ0n) is 9.37. The molecule has 0 aliphatic carbocycles. The number of aliphatic carboxylic acids is 1. The van der Waals surface area contributed by atoms with Gasteiger partial charge in [-0.15, -0.1) is 0 Å². The van der Waals surface area contributed by atoms with Crippen molar-refractivity contribution in [2.45, 2.75) is 25.2 Å². The van der Waals surface area contributed by atoms with Crippen LogP contribution in [0.15, 0.2) is 12.2 Å². The molecule has 0 spiro atoms. The number of hydrogen-bond donors (Lipinski definition) is 1. The molecule has 0 bridgehead atoms. The molecule has 2 saturated heterocycles. The van der Waals surface area contributed by atoms with Gasteiger partial charge in [-0.1, -0.05) is 6.92 Å². The lowest BCUT2D eigenvalue weighted by molar-refractivity contribution is -0.148. The van der Waals surface area contributed by atoms with Crippen LogP contribution >= 0.6 is 0 Å². The predicted octanol–water partition coefficient (Wildman–Crippen LogP) is -0.0273. The smallest absolute Gasteiger partial charge is 0.331 e. The van der Waals surface area contributed by atoms with Crippen LogP contribution < -0.4 is 0 Å². The normalized spacial score (nSPS) is 36.1. The van der Waals surface area contributed by atoms with Gasteiger partial charge >= 0.3 is 11.9 Å². The zero-order valence-corrected chi connectivity index (χ0v) is 9.37. The highest BCUT2D eigenvalue weighted by Gasteiger charge is 2.47. The number of ether oxygens (including phenoxy) is 3. The Hall–Kier alpha value is -1.40. The summed E-state index contributed by atoms with van der Waals surface area (Å²) in [5.41, 5.74) is 0. The van der Waals surface area contributed by atoms with Crippen LogP contribution in [0.4, 0.5) is 0 Å². The first-order valence-corrected chi connectivity index (χ1v) is 5.42. The SMILES string of the molecule is C[C@@H]1CO[C@H]2[C@@H]1OC[C@H]2OC(=O)/C=C/C(=O)O. The molecule has 0 radical (unpaired) electrons. The van der Waals surface area contributed by atoms with E-state index in [2.05, 4.69) is 0 Å². The van der Waals surface area contributed by atoms with Crippen molar-refractivity contribution in [1.29, 1.82) is 0 Å². The maximum Gasteiger partial charge on any atom is 0.331 e. The topological polar surface area (TPSA) is 82.1 Å². The van der Waals surface area contributed by atoms with Gasteiger partial charge in [0.05, 0.1) is 19.3 Å². The van der Waals surface area contributed by atoms with Crippen LogP contribution in [-0.4, -0.2) is 48.6 Å². The summed E-state index contributed by atoms with van der Waals surface area (Å²) >= 11 is 0. The average molecular weight is 242 g/mol. The Balaban J connectivity index is 1.88. The van der Waals surface area contributed by atoms with Crippen molar-refractivity contribution in [3.05, 3.63) is 12.2 Å². The molecule has 0 unspecified atom stereocenters. The Morgan fingerprint density at radius 1 is 1.24 bits per heavy atom. The van der Waals surface area contributed by atoms with Gasteiger partial charge in [0.25, 0.3) is 0 Å². The van der Waals surface area contributed by atoms with Crippen LogP contribution in [0.1, 0.15) is 6.92 Å². The lowest BCUT2D eigenvalue weighted by atomic mass is 10.0. The van der Waals surface area contributed by atoms with E-state index < -0.39 is 18.0 Å². The second-order valence-corrected chi connectivity index (χ2v) is 4.22. The van der Waals surface area contributed by atoms with E-state index in [0.29, 0.717) is 19.1 Å². The summed E-state index contributed by atoms with van der Waals surface area (Å²) in [6.07, 6.45) is 0.918. The zero-order chi connectivity index (χ0) is 12.4. The molecule has 2 aliphatic rings. The number of carboxylic acids is 1. The summed E-state index contributed by atoms with van der Waals surface area (Å²) in [6.45, 7) is 2.90. The number of carbonyl (C=O) groups excluding carboxylic acids is 1. The molecule has 1 N–H and O–H groups in total. The van der Waals surface area contributed by atoms with Crippen molar-refractivity contribution in [2.75, 3.05) is 13.2 Å². The third-order valence-corrected chi connectivity index (χ3v) is 2.89. The van der Waals surface area contributed by atoms with E-state index in [1.807, 2.05) is 6.92 Å². The summed E-state index contributed by atoms with van der Waals surface area (Å²) in [5, 5.41) is 8.36. The maximum absolute atomic E-state index is 11.3. The van der Waals surface area contributed by atoms with Gasteiger partial charge in [0.1, 0.15) is 6.10 Å². The summed E-state index contributed by atoms with van der Waals surface area (Å²) in [5.74, 6) is -1.59. The maximum atomic E-state index is 11.3. The third kappa shape index (κ3) is 2.65. The Labute approximate surface area is 98.1 Å². The monoisotopic (exact) mass is 242 g/mol. The van der Waals surface area contributed by atoms with Crippen LogP contribution in [-0.2, 0) is 23.8 Å². The average Bonchev–Trinajstić information content (AvgIpc) is 2.81. The first-order chi connectivity index (χ1) is 8.08. The molecule has 0 aromatic rings. The van der Waals surface area contributed by atoms with E-state index in [1.165, 1.54) is 0 Å². The lowest BCUT2D eigenvalue weighted by Crippen LogP contribution is -2.32. The standard InChI is InChI=1S/C11H14O6/c1-6-4-15-11-7(5-16-10(6)11)17-9(14)3-2-8(12)13/h2-3,6-7,10-11H,4-5H2,1H3,(H,12,13)/b3-2+/t6-,7-,10-,11-/m1/s1. The number of carbonyl (C=O) groups is 2. The van der Waals surface area contributed by atoms with E-state index in [1.54, 1.807) is 0 Å². The largest absolute Gasteiger partial charge is 0.478 e. The second-order valence-electron chi connectivity index (χ2n) is 4.22. The summed E-state index contributed by atoms with van der Waals surface area (Å²) in [4.78, 5) is 21.5. The Morgan fingerprint density at radius 3 is 2.65 bits per heavy atom. The molecular formula is C11H14O6. The van der Waals surface area contributed by atoms with E-state index in [9.17, 15) is 9.59 Å². The van der Waals surface area contributed by atoms with Gasteiger partial charge in [0, 0.05) is 18.1 Å². The molecule has 6 nitrogen and oxygen atoms in total. The summed E-state index contributed by atoms with van der Waals surface area (Å²) in [6, 6.07) is 0. The lowest BCUT2D eigenvalue weighted by Gasteiger charge is -2.15. The van der Waals surface area contributed by atoms with Gasteiger partial charge in [0.15, 0.2) is 6.10 Å². The number of fused-ring (bicyclic) bond motifs is 1. The van der Waals surface area contributed by atoms with E-state index >= 15 is 0 Å². The molecule has 6 heteroatoms. The van der Waals surface area contributed by atoms with Crippen molar-refractivity contribution in [1.82, 2.24) is 0 Å². The molecule has 4 atom stereocenters. The van der Waals surface area contributed by atoms with Crippen LogP contribution in [0.5, 0.6) is 0 Å². The molecule has 0 saturated carbocycles. The molecule has 2 rings (SSSR count). The van der Waals surface area contributed by atoms with Gasteiger partial charge in [-0.25, -0.2) is 9.59 Å². The fourth-order valence-electron chi connectivity index (χ4n) is 2.08. The molecular weight excluding hydrogens is 228 g/mol. The molecule has 2 fully saturated rings. The van der Waals surface area contributed by atoms with Crippen LogP contribution in [0, 0.1) is 5.92 Å². The highest BCUT2D eigenvalue weighted by molar-refractivity contribution is 5.90. The molecule has 17 heavy (non-hydrogen) atoms. The Kier molecular flexibility index (Phi) is 3.44.